The molecule has 0 saturated heterocycles. The minimum atomic E-state index is 0.0405. The van der Waals surface area contributed by atoms with Crippen LogP contribution in [0.1, 0.15) is 50.7 Å². The van der Waals surface area contributed by atoms with E-state index >= 15 is 0 Å². The highest BCUT2D eigenvalue weighted by molar-refractivity contribution is 7.14. The third-order valence-corrected chi connectivity index (χ3v) is 5.76. The van der Waals surface area contributed by atoms with Gasteiger partial charge in [0.25, 0.3) is 5.91 Å². The van der Waals surface area contributed by atoms with Crippen molar-refractivity contribution in [2.24, 2.45) is 0 Å². The molecule has 0 aliphatic carbocycles. The molecule has 3 rings (SSSR count). The van der Waals surface area contributed by atoms with Gasteiger partial charge in [-0.3, -0.25) is 9.69 Å². The zero-order valence-corrected chi connectivity index (χ0v) is 15.1. The standard InChI is InChI=1S/C19H24N2OS/c1-12(2)21-10-16-8-17(23-18(16)11-21)19(22)20-9-15-6-5-13(3)14(4)7-15/h5-8,12H,9-11H2,1-4H3,(H,20,22). The van der Waals surface area contributed by atoms with Crippen LogP contribution in [0.2, 0.25) is 0 Å². The Balaban J connectivity index is 1.62. The van der Waals surface area contributed by atoms with E-state index in [2.05, 4.69) is 62.2 Å². The quantitative estimate of drug-likeness (QED) is 0.919. The van der Waals surface area contributed by atoms with Crippen LogP contribution in [0.25, 0.3) is 0 Å². The molecule has 0 unspecified atom stereocenters. The maximum atomic E-state index is 12.4. The van der Waals surface area contributed by atoms with Crippen molar-refractivity contribution in [1.82, 2.24) is 10.2 Å². The maximum absolute atomic E-state index is 12.4. The number of amides is 1. The van der Waals surface area contributed by atoms with Gasteiger partial charge in [0, 0.05) is 30.6 Å². The Morgan fingerprint density at radius 3 is 2.65 bits per heavy atom. The summed E-state index contributed by atoms with van der Waals surface area (Å²) in [6.45, 7) is 11.2. The number of carbonyl (C=O) groups excluding carboxylic acids is 1. The van der Waals surface area contributed by atoms with E-state index in [0.29, 0.717) is 12.6 Å². The van der Waals surface area contributed by atoms with E-state index in [0.717, 1.165) is 23.5 Å². The van der Waals surface area contributed by atoms with Crippen LogP contribution in [0.3, 0.4) is 0 Å². The second-order valence-corrected chi connectivity index (χ2v) is 7.80. The summed E-state index contributed by atoms with van der Waals surface area (Å²) in [6, 6.07) is 8.95. The van der Waals surface area contributed by atoms with Gasteiger partial charge >= 0.3 is 0 Å². The summed E-state index contributed by atoms with van der Waals surface area (Å²) >= 11 is 1.64. The van der Waals surface area contributed by atoms with E-state index in [1.165, 1.54) is 21.6 Å². The van der Waals surface area contributed by atoms with Crippen molar-refractivity contribution in [3.8, 4) is 0 Å². The highest BCUT2D eigenvalue weighted by Crippen LogP contribution is 2.32. The predicted octanol–water partition coefficient (Wildman–Crippen LogP) is 4.02. The third kappa shape index (κ3) is 3.48. The lowest BCUT2D eigenvalue weighted by Crippen LogP contribution is -2.25. The van der Waals surface area contributed by atoms with Gasteiger partial charge in [-0.2, -0.15) is 0 Å². The lowest BCUT2D eigenvalue weighted by atomic mass is 10.1. The molecule has 1 aromatic heterocycles. The van der Waals surface area contributed by atoms with Crippen LogP contribution in [-0.4, -0.2) is 16.8 Å². The molecule has 2 aromatic rings. The van der Waals surface area contributed by atoms with Gasteiger partial charge in [-0.1, -0.05) is 18.2 Å². The number of fused-ring (bicyclic) bond motifs is 1. The first-order valence-corrected chi connectivity index (χ1v) is 8.95. The molecule has 2 heterocycles. The summed E-state index contributed by atoms with van der Waals surface area (Å²) in [5.74, 6) is 0.0405. The largest absolute Gasteiger partial charge is 0.347 e. The Labute approximate surface area is 142 Å². The van der Waals surface area contributed by atoms with Gasteiger partial charge in [0.1, 0.15) is 0 Å². The summed E-state index contributed by atoms with van der Waals surface area (Å²) in [6.07, 6.45) is 0. The molecular formula is C19H24N2OS. The molecule has 1 aliphatic rings. The molecule has 0 atom stereocenters. The van der Waals surface area contributed by atoms with Crippen LogP contribution in [-0.2, 0) is 19.6 Å². The molecule has 0 bridgehead atoms. The van der Waals surface area contributed by atoms with Crippen molar-refractivity contribution in [2.45, 2.75) is 53.4 Å². The number of nitrogens with one attached hydrogen (secondary N) is 1. The molecular weight excluding hydrogens is 304 g/mol. The second-order valence-electron chi connectivity index (χ2n) is 6.66. The summed E-state index contributed by atoms with van der Waals surface area (Å²) in [5.41, 5.74) is 5.02. The van der Waals surface area contributed by atoms with Crippen LogP contribution in [0, 0.1) is 13.8 Å². The van der Waals surface area contributed by atoms with Gasteiger partial charge in [-0.05, 0) is 56.0 Å². The normalized spacial score (nSPS) is 14.3. The highest BCUT2D eigenvalue weighted by atomic mass is 32.1. The molecule has 0 fully saturated rings. The molecule has 4 heteroatoms. The molecule has 1 N–H and O–H groups in total. The van der Waals surface area contributed by atoms with Crippen molar-refractivity contribution in [2.75, 3.05) is 0 Å². The molecule has 0 spiro atoms. The first-order chi connectivity index (χ1) is 10.9. The Morgan fingerprint density at radius 2 is 2.00 bits per heavy atom. The molecule has 1 amide bonds. The predicted molar refractivity (Wildman–Crippen MR) is 95.8 cm³/mol. The monoisotopic (exact) mass is 328 g/mol. The number of carbonyl (C=O) groups is 1. The van der Waals surface area contributed by atoms with Gasteiger partial charge in [0.2, 0.25) is 0 Å². The third-order valence-electron chi connectivity index (χ3n) is 4.60. The zero-order valence-electron chi connectivity index (χ0n) is 14.3. The van der Waals surface area contributed by atoms with Crippen LogP contribution in [0.4, 0.5) is 0 Å². The van der Waals surface area contributed by atoms with E-state index in [4.69, 9.17) is 0 Å². The minimum absolute atomic E-state index is 0.0405. The fourth-order valence-electron chi connectivity index (χ4n) is 2.85. The van der Waals surface area contributed by atoms with Crippen LogP contribution in [0.5, 0.6) is 0 Å². The Kier molecular flexibility index (Phi) is 4.55. The lowest BCUT2D eigenvalue weighted by molar-refractivity contribution is 0.0955. The number of hydrogen-bond donors (Lipinski definition) is 1. The van der Waals surface area contributed by atoms with Crippen molar-refractivity contribution in [3.05, 3.63) is 56.3 Å². The van der Waals surface area contributed by atoms with E-state index in [9.17, 15) is 4.79 Å². The molecule has 3 nitrogen and oxygen atoms in total. The summed E-state index contributed by atoms with van der Waals surface area (Å²) < 4.78 is 0. The fourth-order valence-corrected chi connectivity index (χ4v) is 3.97. The SMILES string of the molecule is Cc1ccc(CNC(=O)c2cc3c(s2)CN(C(C)C)C3)cc1C. The van der Waals surface area contributed by atoms with Crippen LogP contribution < -0.4 is 5.32 Å². The van der Waals surface area contributed by atoms with Crippen molar-refractivity contribution in [3.63, 3.8) is 0 Å². The lowest BCUT2D eigenvalue weighted by Gasteiger charge is -2.19. The van der Waals surface area contributed by atoms with E-state index in [1.807, 2.05) is 0 Å². The van der Waals surface area contributed by atoms with Crippen molar-refractivity contribution in [1.29, 1.82) is 0 Å². The Bertz CT molecular complexity index is 709. The van der Waals surface area contributed by atoms with Gasteiger partial charge < -0.3 is 5.32 Å². The highest BCUT2D eigenvalue weighted by Gasteiger charge is 2.25. The zero-order chi connectivity index (χ0) is 16.6. The fraction of sp³-hybridized carbons (Fsp3) is 0.421. The number of nitrogens with zero attached hydrogens (tertiary/aromatic N) is 1. The van der Waals surface area contributed by atoms with Gasteiger partial charge in [-0.25, -0.2) is 0 Å². The number of benzene rings is 1. The molecule has 1 aromatic carbocycles. The van der Waals surface area contributed by atoms with E-state index in [-0.39, 0.29) is 5.91 Å². The van der Waals surface area contributed by atoms with Gasteiger partial charge in [-0.15, -0.1) is 11.3 Å². The molecule has 1 aliphatic heterocycles. The smallest absolute Gasteiger partial charge is 0.261 e. The molecule has 122 valence electrons. The average molecular weight is 328 g/mol. The number of thiophene rings is 1. The molecule has 0 saturated carbocycles. The first-order valence-electron chi connectivity index (χ1n) is 8.14. The summed E-state index contributed by atoms with van der Waals surface area (Å²) in [7, 11) is 0. The minimum Gasteiger partial charge on any atom is -0.347 e. The number of aryl methyl sites for hydroxylation is 2. The van der Waals surface area contributed by atoms with Crippen LogP contribution in [0.15, 0.2) is 24.3 Å². The van der Waals surface area contributed by atoms with Gasteiger partial charge in [0.15, 0.2) is 0 Å². The first kappa shape index (κ1) is 16.2. The topological polar surface area (TPSA) is 32.3 Å². The maximum Gasteiger partial charge on any atom is 0.261 e. The summed E-state index contributed by atoms with van der Waals surface area (Å²) in [5, 5.41) is 3.04. The van der Waals surface area contributed by atoms with Crippen LogP contribution >= 0.6 is 11.3 Å². The van der Waals surface area contributed by atoms with E-state index < -0.39 is 0 Å². The number of rotatable bonds is 4. The summed E-state index contributed by atoms with van der Waals surface area (Å²) in [4.78, 5) is 17.0. The Morgan fingerprint density at radius 1 is 1.22 bits per heavy atom. The average Bonchev–Trinajstić information content (AvgIpc) is 3.06. The molecule has 0 radical (unpaired) electrons. The van der Waals surface area contributed by atoms with Gasteiger partial charge in [0.05, 0.1) is 4.88 Å². The van der Waals surface area contributed by atoms with Crippen molar-refractivity contribution >= 4 is 17.2 Å². The van der Waals surface area contributed by atoms with Crippen molar-refractivity contribution < 1.29 is 4.79 Å². The molecule has 23 heavy (non-hydrogen) atoms. The van der Waals surface area contributed by atoms with E-state index in [1.54, 1.807) is 11.3 Å². The second kappa shape index (κ2) is 6.46. The number of hydrogen-bond acceptors (Lipinski definition) is 3. The Hall–Kier alpha value is -1.65.